The molecule has 0 spiro atoms. The number of nitrogens with zero attached hydrogens (tertiary/aromatic N) is 2. The predicted molar refractivity (Wildman–Crippen MR) is 119 cm³/mol. The van der Waals surface area contributed by atoms with Crippen molar-refractivity contribution in [2.24, 2.45) is 5.41 Å². The van der Waals surface area contributed by atoms with Gasteiger partial charge in [-0.2, -0.15) is 0 Å². The number of benzene rings is 1. The van der Waals surface area contributed by atoms with Gasteiger partial charge in [0.15, 0.2) is 11.5 Å². The maximum Gasteiger partial charge on any atom is 0.294 e. The molecular formula is C25H24N2O5. The molecule has 32 heavy (non-hydrogen) atoms. The van der Waals surface area contributed by atoms with Gasteiger partial charge in [-0.25, -0.2) is 4.98 Å². The molecule has 0 aliphatic carbocycles. The van der Waals surface area contributed by atoms with Crippen molar-refractivity contribution in [1.29, 1.82) is 0 Å². The number of aliphatic hydroxyl groups is 1. The molecule has 1 aromatic carbocycles. The van der Waals surface area contributed by atoms with Gasteiger partial charge in [0.2, 0.25) is 5.88 Å². The minimum Gasteiger partial charge on any atom is -0.503 e. The van der Waals surface area contributed by atoms with E-state index in [0.29, 0.717) is 11.3 Å². The van der Waals surface area contributed by atoms with Crippen LogP contribution in [0.4, 0.5) is 5.69 Å². The second-order valence-electron chi connectivity index (χ2n) is 8.58. The third-order valence-electron chi connectivity index (χ3n) is 5.42. The van der Waals surface area contributed by atoms with Gasteiger partial charge in [-0.3, -0.25) is 14.5 Å². The molecule has 1 aliphatic heterocycles. The van der Waals surface area contributed by atoms with Gasteiger partial charge in [0.1, 0.15) is 6.04 Å². The lowest BCUT2D eigenvalue weighted by Crippen LogP contribution is -2.33. The Bertz CT molecular complexity index is 1190. The Morgan fingerprint density at radius 1 is 1.12 bits per heavy atom. The number of methoxy groups -OCH3 is 1. The van der Waals surface area contributed by atoms with E-state index in [1.807, 2.05) is 18.2 Å². The summed E-state index contributed by atoms with van der Waals surface area (Å²) in [6, 6.07) is 11.7. The summed E-state index contributed by atoms with van der Waals surface area (Å²) in [6.07, 6.45) is 4.79. The van der Waals surface area contributed by atoms with Crippen molar-refractivity contribution in [2.45, 2.75) is 26.8 Å². The van der Waals surface area contributed by atoms with Gasteiger partial charge in [0, 0.05) is 28.4 Å². The van der Waals surface area contributed by atoms with E-state index in [9.17, 15) is 14.7 Å². The number of ether oxygens (including phenoxy) is 1. The lowest BCUT2D eigenvalue weighted by molar-refractivity contribution is -0.123. The second-order valence-corrected chi connectivity index (χ2v) is 8.58. The lowest BCUT2D eigenvalue weighted by Gasteiger charge is -2.29. The van der Waals surface area contributed by atoms with Crippen LogP contribution in [0.1, 0.15) is 32.4 Å². The minimum absolute atomic E-state index is 0.0349. The first-order chi connectivity index (χ1) is 15.2. The van der Waals surface area contributed by atoms with Crippen LogP contribution in [0, 0.1) is 5.41 Å². The summed E-state index contributed by atoms with van der Waals surface area (Å²) < 4.78 is 10.6. The molecule has 1 N–H and O–H groups in total. The molecule has 0 saturated heterocycles. The third kappa shape index (κ3) is 3.56. The fraction of sp³-hybridized carbons (Fsp3) is 0.240. The van der Waals surface area contributed by atoms with Crippen molar-refractivity contribution in [3.8, 4) is 17.0 Å². The Balaban J connectivity index is 1.86. The van der Waals surface area contributed by atoms with Crippen molar-refractivity contribution in [2.75, 3.05) is 12.0 Å². The van der Waals surface area contributed by atoms with Crippen LogP contribution in [0.25, 0.3) is 11.1 Å². The second kappa shape index (κ2) is 8.00. The predicted octanol–water partition coefficient (Wildman–Crippen LogP) is 4.87. The van der Waals surface area contributed by atoms with Crippen LogP contribution in [0.5, 0.6) is 5.88 Å². The quantitative estimate of drug-likeness (QED) is 0.619. The van der Waals surface area contributed by atoms with Crippen LogP contribution in [-0.4, -0.2) is 28.9 Å². The van der Waals surface area contributed by atoms with Crippen LogP contribution in [-0.2, 0) is 9.59 Å². The van der Waals surface area contributed by atoms with E-state index < -0.39 is 23.1 Å². The number of aliphatic hydroxyl groups excluding tert-OH is 1. The SMILES string of the molecule is COc1ncccc1C1C(C(=O)C(C)(C)C)=C(O)C(=O)N1c1ccc(-c2ccoc2)cc1. The minimum atomic E-state index is -0.877. The van der Waals surface area contributed by atoms with Gasteiger partial charge in [-0.15, -0.1) is 0 Å². The molecule has 1 unspecified atom stereocenters. The van der Waals surface area contributed by atoms with Gasteiger partial charge in [-0.1, -0.05) is 32.9 Å². The summed E-state index contributed by atoms with van der Waals surface area (Å²) in [5.74, 6) is -1.25. The van der Waals surface area contributed by atoms with Gasteiger partial charge < -0.3 is 14.3 Å². The first kappa shape index (κ1) is 21.4. The van der Waals surface area contributed by atoms with Crippen LogP contribution in [0.15, 0.2) is 76.9 Å². The van der Waals surface area contributed by atoms with E-state index in [1.165, 1.54) is 12.0 Å². The largest absolute Gasteiger partial charge is 0.503 e. The maximum absolute atomic E-state index is 13.3. The molecule has 3 aromatic rings. The monoisotopic (exact) mass is 432 g/mol. The number of ketones is 1. The van der Waals surface area contributed by atoms with Crippen molar-refractivity contribution in [3.05, 3.63) is 78.1 Å². The number of pyridine rings is 1. The molecule has 2 aromatic heterocycles. The fourth-order valence-corrected chi connectivity index (χ4v) is 3.83. The third-order valence-corrected chi connectivity index (χ3v) is 5.42. The highest BCUT2D eigenvalue weighted by atomic mass is 16.5. The maximum atomic E-state index is 13.3. The molecule has 1 atom stereocenters. The molecule has 0 bridgehead atoms. The Kier molecular flexibility index (Phi) is 5.34. The summed E-state index contributed by atoms with van der Waals surface area (Å²) in [5.41, 5.74) is 2.08. The van der Waals surface area contributed by atoms with E-state index in [1.54, 1.807) is 63.8 Å². The normalized spacial score (nSPS) is 16.6. The van der Waals surface area contributed by atoms with Gasteiger partial charge in [0.05, 0.1) is 25.2 Å². The molecule has 7 nitrogen and oxygen atoms in total. The topological polar surface area (TPSA) is 92.9 Å². The fourth-order valence-electron chi connectivity index (χ4n) is 3.83. The Morgan fingerprint density at radius 3 is 2.44 bits per heavy atom. The van der Waals surface area contributed by atoms with Crippen molar-refractivity contribution in [3.63, 3.8) is 0 Å². The standard InChI is InChI=1S/C25H24N2O5/c1-25(2,3)22(29)19-20(18-6-5-12-26-23(18)31-4)27(24(30)21(19)28)17-9-7-15(8-10-17)16-11-13-32-14-16/h5-14,20,28H,1-4H3. The number of carbonyl (C=O) groups excluding carboxylic acids is 2. The smallest absolute Gasteiger partial charge is 0.294 e. The number of furan rings is 1. The zero-order valence-electron chi connectivity index (χ0n) is 18.3. The number of Topliss-reactive ketones (excluding diaryl/α,β-unsaturated/α-hetero) is 1. The molecule has 0 radical (unpaired) electrons. The van der Waals surface area contributed by atoms with E-state index in [2.05, 4.69) is 4.98 Å². The molecule has 7 heteroatoms. The first-order valence-electron chi connectivity index (χ1n) is 10.2. The molecular weight excluding hydrogens is 408 g/mol. The van der Waals surface area contributed by atoms with E-state index in [-0.39, 0.29) is 17.2 Å². The number of hydrogen-bond donors (Lipinski definition) is 1. The number of carbonyl (C=O) groups is 2. The van der Waals surface area contributed by atoms with E-state index in [0.717, 1.165) is 11.1 Å². The average molecular weight is 432 g/mol. The summed E-state index contributed by atoms with van der Waals surface area (Å²) in [7, 11) is 1.47. The Labute approximate surface area is 186 Å². The van der Waals surface area contributed by atoms with Gasteiger partial charge in [0.25, 0.3) is 5.91 Å². The molecule has 0 fully saturated rings. The number of hydrogen-bond acceptors (Lipinski definition) is 6. The molecule has 164 valence electrons. The van der Waals surface area contributed by atoms with E-state index >= 15 is 0 Å². The number of anilines is 1. The Hall–Kier alpha value is -3.87. The average Bonchev–Trinajstić information content (AvgIpc) is 3.40. The highest BCUT2D eigenvalue weighted by Gasteiger charge is 2.47. The molecule has 0 saturated carbocycles. The lowest BCUT2D eigenvalue weighted by atomic mass is 9.82. The highest BCUT2D eigenvalue weighted by molar-refractivity contribution is 6.17. The van der Waals surface area contributed by atoms with Crippen LogP contribution < -0.4 is 9.64 Å². The molecule has 1 aliphatic rings. The molecule has 4 rings (SSSR count). The zero-order chi connectivity index (χ0) is 23.0. The Morgan fingerprint density at radius 2 is 1.84 bits per heavy atom. The summed E-state index contributed by atoms with van der Waals surface area (Å²) in [6.45, 7) is 5.25. The highest BCUT2D eigenvalue weighted by Crippen LogP contribution is 2.45. The van der Waals surface area contributed by atoms with Gasteiger partial charge >= 0.3 is 0 Å². The molecule has 1 amide bonds. The van der Waals surface area contributed by atoms with Crippen LogP contribution in [0.2, 0.25) is 0 Å². The number of rotatable bonds is 5. The summed E-state index contributed by atoms with van der Waals surface area (Å²) in [4.78, 5) is 32.2. The molecule has 3 heterocycles. The summed E-state index contributed by atoms with van der Waals surface area (Å²) >= 11 is 0. The van der Waals surface area contributed by atoms with Crippen LogP contribution >= 0.6 is 0 Å². The van der Waals surface area contributed by atoms with Crippen molar-refractivity contribution in [1.82, 2.24) is 4.98 Å². The number of aromatic nitrogens is 1. The number of amides is 1. The zero-order valence-corrected chi connectivity index (χ0v) is 18.3. The van der Waals surface area contributed by atoms with Crippen molar-refractivity contribution < 1.29 is 23.8 Å². The van der Waals surface area contributed by atoms with E-state index in [4.69, 9.17) is 9.15 Å². The van der Waals surface area contributed by atoms with Crippen molar-refractivity contribution >= 4 is 17.4 Å². The first-order valence-corrected chi connectivity index (χ1v) is 10.2. The van der Waals surface area contributed by atoms with Gasteiger partial charge in [-0.05, 0) is 35.9 Å². The summed E-state index contributed by atoms with van der Waals surface area (Å²) in [5, 5.41) is 10.8. The van der Waals surface area contributed by atoms with Crippen LogP contribution in [0.3, 0.4) is 0 Å².